The summed E-state index contributed by atoms with van der Waals surface area (Å²) in [6.07, 6.45) is 0.934. The van der Waals surface area contributed by atoms with Crippen LogP contribution in [-0.2, 0) is 4.79 Å². The molecule has 2 rings (SSSR count). The van der Waals surface area contributed by atoms with Gasteiger partial charge < -0.3 is 15.5 Å². The maximum Gasteiger partial charge on any atom is 0.255 e. The van der Waals surface area contributed by atoms with Crippen LogP contribution in [0.2, 0.25) is 5.02 Å². The minimum Gasteiger partial charge on any atom is -0.337 e. The molecule has 1 saturated heterocycles. The molecule has 5 nitrogen and oxygen atoms in total. The van der Waals surface area contributed by atoms with Crippen molar-refractivity contribution < 1.29 is 9.59 Å². The predicted molar refractivity (Wildman–Crippen MR) is 95.5 cm³/mol. The van der Waals surface area contributed by atoms with Gasteiger partial charge in [-0.25, -0.2) is 0 Å². The van der Waals surface area contributed by atoms with Crippen LogP contribution in [0.3, 0.4) is 0 Å². The van der Waals surface area contributed by atoms with E-state index >= 15 is 0 Å². The monoisotopic (exact) mass is 359 g/mol. The largest absolute Gasteiger partial charge is 0.337 e. The average Bonchev–Trinajstić information content (AvgIpc) is 3.01. The first-order chi connectivity index (χ1) is 10.4. The number of hydrogen-bond acceptors (Lipinski definition) is 3. The normalized spacial score (nSPS) is 16.8. The van der Waals surface area contributed by atoms with Gasteiger partial charge in [0.05, 0.1) is 10.6 Å². The molecule has 1 unspecified atom stereocenters. The molecule has 0 saturated carbocycles. The van der Waals surface area contributed by atoms with Gasteiger partial charge in [-0.05, 0) is 31.2 Å². The number of carbonyl (C=O) groups is 2. The van der Waals surface area contributed by atoms with E-state index in [1.807, 2.05) is 13.8 Å². The van der Waals surface area contributed by atoms with E-state index in [-0.39, 0.29) is 36.2 Å². The zero-order chi connectivity index (χ0) is 16.3. The molecule has 1 heterocycles. The number of nitrogens with one attached hydrogen (secondary N) is 2. The molecule has 0 radical (unpaired) electrons. The van der Waals surface area contributed by atoms with Gasteiger partial charge in [0, 0.05) is 31.2 Å². The topological polar surface area (TPSA) is 61.4 Å². The fourth-order valence-corrected chi connectivity index (χ4v) is 2.58. The number of hydrogen-bond donors (Lipinski definition) is 2. The Kier molecular flexibility index (Phi) is 7.32. The molecular weight excluding hydrogens is 337 g/mol. The molecule has 1 fully saturated rings. The maximum absolute atomic E-state index is 12.6. The van der Waals surface area contributed by atoms with Gasteiger partial charge in [-0.15, -0.1) is 12.4 Å². The second-order valence-electron chi connectivity index (χ2n) is 5.90. The quantitative estimate of drug-likeness (QED) is 0.868. The fourth-order valence-electron chi connectivity index (χ4n) is 2.38. The second kappa shape index (κ2) is 8.52. The van der Waals surface area contributed by atoms with Crippen molar-refractivity contribution in [1.29, 1.82) is 0 Å². The number of benzene rings is 1. The summed E-state index contributed by atoms with van der Waals surface area (Å²) in [4.78, 5) is 26.1. The lowest BCUT2D eigenvalue weighted by molar-refractivity contribution is -0.118. The van der Waals surface area contributed by atoms with Crippen molar-refractivity contribution in [2.45, 2.75) is 26.3 Å². The zero-order valence-electron chi connectivity index (χ0n) is 13.6. The first-order valence-corrected chi connectivity index (χ1v) is 7.86. The Balaban J connectivity index is 0.00000264. The van der Waals surface area contributed by atoms with Crippen molar-refractivity contribution in [2.75, 3.05) is 25.5 Å². The molecular formula is C16H23Cl2N3O2. The highest BCUT2D eigenvalue weighted by Gasteiger charge is 2.25. The van der Waals surface area contributed by atoms with Crippen LogP contribution in [0.15, 0.2) is 18.2 Å². The van der Waals surface area contributed by atoms with E-state index in [1.165, 1.54) is 0 Å². The van der Waals surface area contributed by atoms with E-state index in [0.29, 0.717) is 16.3 Å². The van der Waals surface area contributed by atoms with E-state index in [9.17, 15) is 9.59 Å². The van der Waals surface area contributed by atoms with E-state index in [1.54, 1.807) is 30.1 Å². The average molecular weight is 360 g/mol. The second-order valence-corrected chi connectivity index (χ2v) is 6.31. The third-order valence-corrected chi connectivity index (χ3v) is 4.22. The summed E-state index contributed by atoms with van der Waals surface area (Å²) in [6.45, 7) is 5.35. The lowest BCUT2D eigenvalue weighted by Gasteiger charge is -2.24. The number of amides is 2. The minimum atomic E-state index is -0.126. The van der Waals surface area contributed by atoms with Crippen molar-refractivity contribution in [3.8, 4) is 0 Å². The number of likely N-dealkylation sites (N-methyl/N-ethyl adjacent to an activating group) is 1. The zero-order valence-corrected chi connectivity index (χ0v) is 15.1. The Morgan fingerprint density at radius 3 is 2.65 bits per heavy atom. The SMILES string of the molecule is CC(C)C(=O)Nc1ccc(Cl)c(C(=O)N(C)C2CCNC2)c1.Cl. The van der Waals surface area contributed by atoms with Gasteiger partial charge >= 0.3 is 0 Å². The Labute approximate surface area is 148 Å². The lowest BCUT2D eigenvalue weighted by Crippen LogP contribution is -2.38. The van der Waals surface area contributed by atoms with E-state index < -0.39 is 0 Å². The van der Waals surface area contributed by atoms with Gasteiger partial charge in [0.15, 0.2) is 0 Å². The Morgan fingerprint density at radius 2 is 2.09 bits per heavy atom. The highest BCUT2D eigenvalue weighted by Crippen LogP contribution is 2.23. The third-order valence-electron chi connectivity index (χ3n) is 3.89. The number of anilines is 1. The molecule has 0 aromatic heterocycles. The molecule has 2 amide bonds. The fraction of sp³-hybridized carbons (Fsp3) is 0.500. The van der Waals surface area contributed by atoms with Gasteiger partial charge in [-0.2, -0.15) is 0 Å². The van der Waals surface area contributed by atoms with Crippen LogP contribution < -0.4 is 10.6 Å². The van der Waals surface area contributed by atoms with Crippen LogP contribution in [0.1, 0.15) is 30.6 Å². The summed E-state index contributed by atoms with van der Waals surface area (Å²) in [6, 6.07) is 5.17. The van der Waals surface area contributed by atoms with Crippen molar-refractivity contribution in [3.05, 3.63) is 28.8 Å². The smallest absolute Gasteiger partial charge is 0.255 e. The lowest BCUT2D eigenvalue weighted by atomic mass is 10.1. The maximum atomic E-state index is 12.6. The van der Waals surface area contributed by atoms with Crippen LogP contribution in [0.4, 0.5) is 5.69 Å². The number of rotatable bonds is 4. The molecule has 1 aromatic rings. The number of halogens is 2. The molecule has 2 N–H and O–H groups in total. The Hall–Kier alpha value is -1.30. The molecule has 1 aromatic carbocycles. The predicted octanol–water partition coefficient (Wildman–Crippen LogP) is 2.79. The standard InChI is InChI=1S/C16H22ClN3O2.ClH/c1-10(2)15(21)19-11-4-5-14(17)13(8-11)16(22)20(3)12-6-7-18-9-12;/h4-5,8,10,12,18H,6-7,9H2,1-3H3,(H,19,21);1H. The molecule has 1 aliphatic rings. The summed E-state index contributed by atoms with van der Waals surface area (Å²) in [5, 5.41) is 6.43. The molecule has 0 spiro atoms. The summed E-state index contributed by atoms with van der Waals surface area (Å²) < 4.78 is 0. The van der Waals surface area contributed by atoms with Gasteiger partial charge in [0.25, 0.3) is 5.91 Å². The summed E-state index contributed by atoms with van der Waals surface area (Å²) >= 11 is 6.17. The van der Waals surface area contributed by atoms with Gasteiger partial charge in [-0.3, -0.25) is 9.59 Å². The highest BCUT2D eigenvalue weighted by atomic mass is 35.5. The first kappa shape index (κ1) is 19.7. The summed E-state index contributed by atoms with van der Waals surface area (Å²) in [5.41, 5.74) is 1.00. The van der Waals surface area contributed by atoms with E-state index in [0.717, 1.165) is 19.5 Å². The van der Waals surface area contributed by atoms with Crippen molar-refractivity contribution >= 4 is 41.5 Å². The molecule has 0 aliphatic carbocycles. The van der Waals surface area contributed by atoms with E-state index in [2.05, 4.69) is 10.6 Å². The third kappa shape index (κ3) is 4.83. The van der Waals surface area contributed by atoms with Crippen molar-refractivity contribution in [3.63, 3.8) is 0 Å². The van der Waals surface area contributed by atoms with Crippen LogP contribution >= 0.6 is 24.0 Å². The molecule has 1 aliphatic heterocycles. The van der Waals surface area contributed by atoms with E-state index in [4.69, 9.17) is 11.6 Å². The minimum absolute atomic E-state index is 0. The van der Waals surface area contributed by atoms with Crippen LogP contribution in [-0.4, -0.2) is 42.9 Å². The Bertz CT molecular complexity index is 572. The van der Waals surface area contributed by atoms with Crippen molar-refractivity contribution in [1.82, 2.24) is 10.2 Å². The van der Waals surface area contributed by atoms with Gasteiger partial charge in [-0.1, -0.05) is 25.4 Å². The van der Waals surface area contributed by atoms with Gasteiger partial charge in [0.1, 0.15) is 0 Å². The van der Waals surface area contributed by atoms with Crippen molar-refractivity contribution in [2.24, 2.45) is 5.92 Å². The van der Waals surface area contributed by atoms with Crippen LogP contribution in [0.25, 0.3) is 0 Å². The summed E-state index contributed by atoms with van der Waals surface area (Å²) in [7, 11) is 1.79. The number of carbonyl (C=O) groups excluding carboxylic acids is 2. The van der Waals surface area contributed by atoms with Crippen LogP contribution in [0.5, 0.6) is 0 Å². The van der Waals surface area contributed by atoms with Crippen LogP contribution in [0, 0.1) is 5.92 Å². The summed E-state index contributed by atoms with van der Waals surface area (Å²) in [5.74, 6) is -0.338. The molecule has 0 bridgehead atoms. The highest BCUT2D eigenvalue weighted by molar-refractivity contribution is 6.34. The molecule has 7 heteroatoms. The Morgan fingerprint density at radius 1 is 1.39 bits per heavy atom. The van der Waals surface area contributed by atoms with Gasteiger partial charge in [0.2, 0.25) is 5.91 Å². The molecule has 128 valence electrons. The molecule has 23 heavy (non-hydrogen) atoms. The first-order valence-electron chi connectivity index (χ1n) is 7.48. The molecule has 1 atom stereocenters. The number of nitrogens with zero attached hydrogens (tertiary/aromatic N) is 1.